The van der Waals surface area contributed by atoms with E-state index in [0.29, 0.717) is 0 Å². The summed E-state index contributed by atoms with van der Waals surface area (Å²) < 4.78 is 13.1. The van der Waals surface area contributed by atoms with E-state index in [2.05, 4.69) is 24.4 Å². The fraction of sp³-hybridized carbons (Fsp3) is 0.250. The molecule has 2 rings (SSSR count). The lowest BCUT2D eigenvalue weighted by Gasteiger charge is -2.14. The number of hydrogen-bond acceptors (Lipinski definition) is 2. The van der Waals surface area contributed by atoms with Crippen molar-refractivity contribution in [1.29, 1.82) is 0 Å². The van der Waals surface area contributed by atoms with Gasteiger partial charge in [-0.25, -0.2) is 4.39 Å². The summed E-state index contributed by atoms with van der Waals surface area (Å²) in [6.45, 7) is 2.96. The number of halogens is 1. The summed E-state index contributed by atoms with van der Waals surface area (Å²) in [6, 6.07) is 17.3. The van der Waals surface area contributed by atoms with Crippen LogP contribution in [0.1, 0.15) is 18.5 Å². The molecular formula is C16H18FNS. The lowest BCUT2D eigenvalue weighted by molar-refractivity contribution is 0.585. The summed E-state index contributed by atoms with van der Waals surface area (Å²) in [5, 5.41) is 3.41. The van der Waals surface area contributed by atoms with E-state index in [0.717, 1.165) is 17.9 Å². The van der Waals surface area contributed by atoms with E-state index in [9.17, 15) is 4.39 Å². The minimum absolute atomic E-state index is 0.173. The smallest absolute Gasteiger partial charge is 0.123 e. The minimum Gasteiger partial charge on any atom is -0.309 e. The van der Waals surface area contributed by atoms with Crippen molar-refractivity contribution in [3.8, 4) is 0 Å². The van der Waals surface area contributed by atoms with Crippen LogP contribution in [0.3, 0.4) is 0 Å². The molecule has 3 heteroatoms. The zero-order valence-electron chi connectivity index (χ0n) is 11.0. The van der Waals surface area contributed by atoms with Gasteiger partial charge >= 0.3 is 0 Å². The Labute approximate surface area is 118 Å². The molecule has 0 spiro atoms. The molecule has 0 amide bonds. The van der Waals surface area contributed by atoms with Crippen LogP contribution in [-0.2, 0) is 0 Å². The van der Waals surface area contributed by atoms with Gasteiger partial charge in [-0.05, 0) is 36.8 Å². The van der Waals surface area contributed by atoms with Crippen LogP contribution in [0, 0.1) is 5.82 Å². The lowest BCUT2D eigenvalue weighted by atomic mass is 10.1. The van der Waals surface area contributed by atoms with Crippen LogP contribution in [0.15, 0.2) is 59.5 Å². The molecule has 0 aliphatic carbocycles. The SMILES string of the molecule is C[C@@H](NCCSc1ccccc1)c1cccc(F)c1. The first-order chi connectivity index (χ1) is 9.25. The van der Waals surface area contributed by atoms with Crippen molar-refractivity contribution in [2.24, 2.45) is 0 Å². The quantitative estimate of drug-likeness (QED) is 0.624. The van der Waals surface area contributed by atoms with Crippen LogP contribution in [0.25, 0.3) is 0 Å². The van der Waals surface area contributed by atoms with Crippen molar-refractivity contribution in [2.75, 3.05) is 12.3 Å². The molecule has 19 heavy (non-hydrogen) atoms. The number of hydrogen-bond donors (Lipinski definition) is 1. The third kappa shape index (κ3) is 4.69. The first-order valence-electron chi connectivity index (χ1n) is 6.42. The molecule has 0 bridgehead atoms. The predicted molar refractivity (Wildman–Crippen MR) is 80.0 cm³/mol. The maximum absolute atomic E-state index is 13.1. The van der Waals surface area contributed by atoms with Gasteiger partial charge in [-0.1, -0.05) is 30.3 Å². The van der Waals surface area contributed by atoms with Crippen molar-refractivity contribution >= 4 is 11.8 Å². The number of nitrogens with one attached hydrogen (secondary N) is 1. The fourth-order valence-electron chi connectivity index (χ4n) is 1.85. The van der Waals surface area contributed by atoms with E-state index in [-0.39, 0.29) is 11.9 Å². The molecule has 2 aromatic rings. The van der Waals surface area contributed by atoms with Gasteiger partial charge in [0.15, 0.2) is 0 Å². The van der Waals surface area contributed by atoms with Crippen LogP contribution in [0.2, 0.25) is 0 Å². The average molecular weight is 275 g/mol. The van der Waals surface area contributed by atoms with Crippen LogP contribution in [0.4, 0.5) is 4.39 Å². The Bertz CT molecular complexity index is 501. The van der Waals surface area contributed by atoms with Gasteiger partial charge in [0.05, 0.1) is 0 Å². The zero-order valence-corrected chi connectivity index (χ0v) is 11.8. The largest absolute Gasteiger partial charge is 0.309 e. The summed E-state index contributed by atoms with van der Waals surface area (Å²) in [4.78, 5) is 1.28. The molecular weight excluding hydrogens is 257 g/mol. The summed E-state index contributed by atoms with van der Waals surface area (Å²) in [7, 11) is 0. The molecule has 1 atom stereocenters. The van der Waals surface area contributed by atoms with E-state index in [1.807, 2.05) is 36.0 Å². The van der Waals surface area contributed by atoms with Crippen molar-refractivity contribution in [2.45, 2.75) is 17.9 Å². The van der Waals surface area contributed by atoms with Gasteiger partial charge in [0, 0.05) is 23.2 Å². The van der Waals surface area contributed by atoms with Crippen LogP contribution >= 0.6 is 11.8 Å². The second kappa shape index (κ2) is 7.31. The Kier molecular flexibility index (Phi) is 5.43. The highest BCUT2D eigenvalue weighted by Gasteiger charge is 2.04. The van der Waals surface area contributed by atoms with Gasteiger partial charge in [0.1, 0.15) is 5.82 Å². The van der Waals surface area contributed by atoms with Crippen molar-refractivity contribution in [3.05, 3.63) is 66.0 Å². The zero-order chi connectivity index (χ0) is 13.5. The lowest BCUT2D eigenvalue weighted by Crippen LogP contribution is -2.21. The Morgan fingerprint density at radius 1 is 1.11 bits per heavy atom. The summed E-state index contributed by atoms with van der Waals surface area (Å²) in [6.07, 6.45) is 0. The van der Waals surface area contributed by atoms with E-state index in [1.54, 1.807) is 12.1 Å². The first kappa shape index (κ1) is 14.1. The summed E-state index contributed by atoms with van der Waals surface area (Å²) in [5.74, 6) is 0.828. The normalized spacial score (nSPS) is 12.3. The highest BCUT2D eigenvalue weighted by molar-refractivity contribution is 7.99. The van der Waals surface area contributed by atoms with Crippen LogP contribution in [-0.4, -0.2) is 12.3 Å². The standard InChI is InChI=1S/C16H18FNS/c1-13(14-6-5-7-15(17)12-14)18-10-11-19-16-8-3-2-4-9-16/h2-9,12-13,18H,10-11H2,1H3/t13-/m1/s1. The van der Waals surface area contributed by atoms with E-state index in [1.165, 1.54) is 11.0 Å². The highest BCUT2D eigenvalue weighted by atomic mass is 32.2. The highest BCUT2D eigenvalue weighted by Crippen LogP contribution is 2.17. The van der Waals surface area contributed by atoms with Gasteiger partial charge < -0.3 is 5.32 Å². The van der Waals surface area contributed by atoms with Gasteiger partial charge in [-0.3, -0.25) is 0 Å². The Morgan fingerprint density at radius 2 is 1.89 bits per heavy atom. The van der Waals surface area contributed by atoms with Crippen molar-refractivity contribution < 1.29 is 4.39 Å². The molecule has 1 nitrogen and oxygen atoms in total. The van der Waals surface area contributed by atoms with Gasteiger partial charge in [-0.2, -0.15) is 0 Å². The minimum atomic E-state index is -0.176. The average Bonchev–Trinajstić information content (AvgIpc) is 2.44. The van der Waals surface area contributed by atoms with Gasteiger partial charge in [-0.15, -0.1) is 11.8 Å². The van der Waals surface area contributed by atoms with Gasteiger partial charge in [0.25, 0.3) is 0 Å². The topological polar surface area (TPSA) is 12.0 Å². The third-order valence-corrected chi connectivity index (χ3v) is 3.93. The maximum atomic E-state index is 13.1. The number of rotatable bonds is 6. The molecule has 0 saturated heterocycles. The van der Waals surface area contributed by atoms with E-state index in [4.69, 9.17) is 0 Å². The van der Waals surface area contributed by atoms with Gasteiger partial charge in [0.2, 0.25) is 0 Å². The summed E-state index contributed by atoms with van der Waals surface area (Å²) in [5.41, 5.74) is 0.990. The molecule has 100 valence electrons. The first-order valence-corrected chi connectivity index (χ1v) is 7.41. The molecule has 2 aromatic carbocycles. The second-order valence-corrected chi connectivity index (χ2v) is 5.56. The number of benzene rings is 2. The Hall–Kier alpha value is -1.32. The molecule has 0 saturated carbocycles. The molecule has 0 aliphatic rings. The molecule has 0 radical (unpaired) electrons. The van der Waals surface area contributed by atoms with E-state index >= 15 is 0 Å². The molecule has 0 fully saturated rings. The maximum Gasteiger partial charge on any atom is 0.123 e. The van der Waals surface area contributed by atoms with Crippen molar-refractivity contribution in [1.82, 2.24) is 5.32 Å². The third-order valence-electron chi connectivity index (χ3n) is 2.91. The Balaban J connectivity index is 1.74. The molecule has 1 N–H and O–H groups in total. The monoisotopic (exact) mass is 275 g/mol. The molecule has 0 unspecified atom stereocenters. The Morgan fingerprint density at radius 3 is 2.63 bits per heavy atom. The predicted octanol–water partition coefficient (Wildman–Crippen LogP) is 4.27. The van der Waals surface area contributed by atoms with Crippen LogP contribution < -0.4 is 5.32 Å². The fourth-order valence-corrected chi connectivity index (χ4v) is 2.66. The molecule has 0 aromatic heterocycles. The number of thioether (sulfide) groups is 1. The van der Waals surface area contributed by atoms with Crippen molar-refractivity contribution in [3.63, 3.8) is 0 Å². The summed E-state index contributed by atoms with van der Waals surface area (Å²) >= 11 is 1.82. The molecule has 0 aliphatic heterocycles. The van der Waals surface area contributed by atoms with Crippen LogP contribution in [0.5, 0.6) is 0 Å². The second-order valence-electron chi connectivity index (χ2n) is 4.39. The molecule has 0 heterocycles. The van der Waals surface area contributed by atoms with E-state index < -0.39 is 0 Å².